The van der Waals surface area contributed by atoms with Crippen molar-refractivity contribution in [2.75, 3.05) is 25.7 Å². The number of hydrogen-bond acceptors (Lipinski definition) is 7. The molecule has 108 valence electrons. The molecule has 0 aliphatic carbocycles. The lowest BCUT2D eigenvalue weighted by atomic mass is 10.0. The van der Waals surface area contributed by atoms with Crippen LogP contribution in [0.4, 0.5) is 11.8 Å². The van der Waals surface area contributed by atoms with Crippen LogP contribution in [0.2, 0.25) is 0 Å². The van der Waals surface area contributed by atoms with Crippen LogP contribution in [0.25, 0.3) is 0 Å². The van der Waals surface area contributed by atoms with Crippen molar-refractivity contribution in [2.24, 2.45) is 0 Å². The third kappa shape index (κ3) is 2.95. The standard InChI is InChI=1S/C14H15N5O2/c1-20-11-4-8(5-12(21-2)10(11)6-15)3-9-7-18-14(17)19-13(9)16/h4-5,7H,3H2,1-2H3,(H4,16,17,18,19). The molecule has 0 bridgehead atoms. The van der Waals surface area contributed by atoms with Gasteiger partial charge in [-0.1, -0.05) is 0 Å². The van der Waals surface area contributed by atoms with E-state index in [2.05, 4.69) is 16.0 Å². The van der Waals surface area contributed by atoms with Crippen molar-refractivity contribution in [3.8, 4) is 17.6 Å². The molecule has 21 heavy (non-hydrogen) atoms. The van der Waals surface area contributed by atoms with Crippen LogP contribution >= 0.6 is 0 Å². The molecule has 2 rings (SSSR count). The number of aromatic nitrogens is 2. The van der Waals surface area contributed by atoms with Crippen molar-refractivity contribution >= 4 is 11.8 Å². The van der Waals surface area contributed by atoms with E-state index >= 15 is 0 Å². The van der Waals surface area contributed by atoms with Crippen LogP contribution in [0.5, 0.6) is 11.5 Å². The zero-order valence-electron chi connectivity index (χ0n) is 11.8. The maximum atomic E-state index is 9.15. The van der Waals surface area contributed by atoms with E-state index < -0.39 is 0 Å². The Kier molecular flexibility index (Phi) is 4.09. The monoisotopic (exact) mass is 285 g/mol. The number of methoxy groups -OCH3 is 2. The molecule has 2 aromatic rings. The quantitative estimate of drug-likeness (QED) is 0.863. The first kappa shape index (κ1) is 14.4. The highest BCUT2D eigenvalue weighted by Gasteiger charge is 2.13. The molecule has 0 fully saturated rings. The number of nitrogens with two attached hydrogens (primary N) is 2. The number of rotatable bonds is 4. The molecule has 1 aromatic carbocycles. The lowest BCUT2D eigenvalue weighted by Gasteiger charge is -2.11. The first-order valence-corrected chi connectivity index (χ1v) is 6.11. The summed E-state index contributed by atoms with van der Waals surface area (Å²) in [5, 5.41) is 9.15. The number of nitrogen functional groups attached to an aromatic ring is 2. The Labute approximate surface area is 122 Å². The minimum absolute atomic E-state index is 0.131. The Balaban J connectivity index is 2.43. The average molecular weight is 285 g/mol. The summed E-state index contributed by atoms with van der Waals surface area (Å²) in [5.74, 6) is 1.35. The molecule has 0 spiro atoms. The summed E-state index contributed by atoms with van der Waals surface area (Å²) in [7, 11) is 3.00. The molecule has 0 aliphatic rings. The summed E-state index contributed by atoms with van der Waals surface area (Å²) in [6, 6.07) is 5.58. The number of nitrogens with zero attached hydrogens (tertiary/aromatic N) is 3. The minimum atomic E-state index is 0.131. The Morgan fingerprint density at radius 1 is 1.19 bits per heavy atom. The largest absolute Gasteiger partial charge is 0.495 e. The van der Waals surface area contributed by atoms with Crippen molar-refractivity contribution < 1.29 is 9.47 Å². The van der Waals surface area contributed by atoms with Crippen molar-refractivity contribution in [3.05, 3.63) is 35.0 Å². The van der Waals surface area contributed by atoms with Gasteiger partial charge >= 0.3 is 0 Å². The Bertz CT molecular complexity index is 684. The van der Waals surface area contributed by atoms with Gasteiger partial charge < -0.3 is 20.9 Å². The normalized spacial score (nSPS) is 9.95. The fraction of sp³-hybridized carbons (Fsp3) is 0.214. The van der Waals surface area contributed by atoms with Crippen molar-refractivity contribution in [2.45, 2.75) is 6.42 Å². The molecular formula is C14H15N5O2. The molecule has 4 N–H and O–H groups in total. The second-order valence-corrected chi connectivity index (χ2v) is 4.30. The third-order valence-corrected chi connectivity index (χ3v) is 2.99. The summed E-state index contributed by atoms with van der Waals surface area (Å²) < 4.78 is 10.4. The third-order valence-electron chi connectivity index (χ3n) is 2.99. The molecule has 1 aromatic heterocycles. The van der Waals surface area contributed by atoms with Crippen LogP contribution in [-0.2, 0) is 6.42 Å². The van der Waals surface area contributed by atoms with Gasteiger partial charge in [0.1, 0.15) is 28.9 Å². The van der Waals surface area contributed by atoms with Gasteiger partial charge in [-0.15, -0.1) is 0 Å². The minimum Gasteiger partial charge on any atom is -0.495 e. The fourth-order valence-corrected chi connectivity index (χ4v) is 1.97. The number of hydrogen-bond donors (Lipinski definition) is 2. The van der Waals surface area contributed by atoms with E-state index in [-0.39, 0.29) is 5.95 Å². The van der Waals surface area contributed by atoms with E-state index in [1.165, 1.54) is 14.2 Å². The molecule has 0 aliphatic heterocycles. The lowest BCUT2D eigenvalue weighted by Crippen LogP contribution is -2.04. The zero-order chi connectivity index (χ0) is 15.4. The van der Waals surface area contributed by atoms with E-state index in [0.29, 0.717) is 29.3 Å². The van der Waals surface area contributed by atoms with Gasteiger partial charge in [0.05, 0.1) is 14.2 Å². The Morgan fingerprint density at radius 3 is 2.29 bits per heavy atom. The average Bonchev–Trinajstić information content (AvgIpc) is 2.49. The van der Waals surface area contributed by atoms with Gasteiger partial charge in [-0.2, -0.15) is 10.2 Å². The summed E-state index contributed by atoms with van der Waals surface area (Å²) in [4.78, 5) is 7.85. The van der Waals surface area contributed by atoms with Crippen LogP contribution in [0.15, 0.2) is 18.3 Å². The van der Waals surface area contributed by atoms with E-state index in [1.807, 2.05) is 0 Å². The topological polar surface area (TPSA) is 120 Å². The van der Waals surface area contributed by atoms with Gasteiger partial charge in [0.15, 0.2) is 0 Å². The molecule has 0 unspecified atom stereocenters. The second-order valence-electron chi connectivity index (χ2n) is 4.30. The smallest absolute Gasteiger partial charge is 0.221 e. The summed E-state index contributed by atoms with van der Waals surface area (Å²) in [5.41, 5.74) is 13.2. The van der Waals surface area contributed by atoms with Crippen molar-refractivity contribution in [3.63, 3.8) is 0 Å². The number of nitriles is 1. The van der Waals surface area contributed by atoms with Crippen LogP contribution in [-0.4, -0.2) is 24.2 Å². The maximum Gasteiger partial charge on any atom is 0.221 e. The second kappa shape index (κ2) is 5.96. The van der Waals surface area contributed by atoms with E-state index in [9.17, 15) is 0 Å². The van der Waals surface area contributed by atoms with Gasteiger partial charge in [-0.3, -0.25) is 0 Å². The molecule has 7 nitrogen and oxygen atoms in total. The number of ether oxygens (including phenoxy) is 2. The Morgan fingerprint density at radius 2 is 1.81 bits per heavy atom. The van der Waals surface area contributed by atoms with Gasteiger partial charge in [0, 0.05) is 18.2 Å². The van der Waals surface area contributed by atoms with Crippen LogP contribution < -0.4 is 20.9 Å². The summed E-state index contributed by atoms with van der Waals surface area (Å²) in [6.45, 7) is 0. The molecule has 0 saturated heterocycles. The van der Waals surface area contributed by atoms with Crippen LogP contribution in [0.3, 0.4) is 0 Å². The van der Waals surface area contributed by atoms with Crippen LogP contribution in [0, 0.1) is 11.3 Å². The van der Waals surface area contributed by atoms with Crippen molar-refractivity contribution in [1.29, 1.82) is 5.26 Å². The molecule has 0 atom stereocenters. The highest BCUT2D eigenvalue weighted by atomic mass is 16.5. The first-order chi connectivity index (χ1) is 10.1. The SMILES string of the molecule is COc1cc(Cc2cnc(N)nc2N)cc(OC)c1C#N. The highest BCUT2D eigenvalue weighted by molar-refractivity contribution is 5.56. The van der Waals surface area contributed by atoms with Crippen molar-refractivity contribution in [1.82, 2.24) is 9.97 Å². The maximum absolute atomic E-state index is 9.15. The van der Waals surface area contributed by atoms with Crippen LogP contribution in [0.1, 0.15) is 16.7 Å². The van der Waals surface area contributed by atoms with Gasteiger partial charge in [0.2, 0.25) is 5.95 Å². The Hall–Kier alpha value is -3.01. The van der Waals surface area contributed by atoms with E-state index in [1.54, 1.807) is 18.3 Å². The van der Waals surface area contributed by atoms with Gasteiger partial charge in [-0.05, 0) is 17.7 Å². The predicted octanol–water partition coefficient (Wildman–Crippen LogP) is 1.12. The van der Waals surface area contributed by atoms with Gasteiger partial charge in [-0.25, -0.2) is 4.98 Å². The number of benzene rings is 1. The van der Waals surface area contributed by atoms with E-state index in [0.717, 1.165) is 11.1 Å². The predicted molar refractivity (Wildman–Crippen MR) is 77.9 cm³/mol. The number of anilines is 2. The zero-order valence-corrected chi connectivity index (χ0v) is 11.8. The molecule has 1 heterocycles. The summed E-state index contributed by atoms with van der Waals surface area (Å²) in [6.07, 6.45) is 2.05. The van der Waals surface area contributed by atoms with E-state index in [4.69, 9.17) is 26.2 Å². The van der Waals surface area contributed by atoms with Gasteiger partial charge in [0.25, 0.3) is 0 Å². The molecule has 0 saturated carbocycles. The molecule has 0 radical (unpaired) electrons. The summed E-state index contributed by atoms with van der Waals surface area (Å²) >= 11 is 0. The molecule has 7 heteroatoms. The fourth-order valence-electron chi connectivity index (χ4n) is 1.97. The lowest BCUT2D eigenvalue weighted by molar-refractivity contribution is 0.391. The highest BCUT2D eigenvalue weighted by Crippen LogP contribution is 2.31. The molecule has 0 amide bonds. The first-order valence-electron chi connectivity index (χ1n) is 6.11. The molecular weight excluding hydrogens is 270 g/mol.